The van der Waals surface area contributed by atoms with Gasteiger partial charge in [-0.25, -0.2) is 0 Å². The number of carbonyl (C=O) groups is 1. The van der Waals surface area contributed by atoms with Crippen molar-refractivity contribution >= 4 is 23.2 Å². The summed E-state index contributed by atoms with van der Waals surface area (Å²) in [6.07, 6.45) is 0. The van der Waals surface area contributed by atoms with Crippen LogP contribution in [0.25, 0.3) is 0 Å². The molecule has 2 aromatic rings. The Morgan fingerprint density at radius 1 is 1.33 bits per heavy atom. The Labute approximate surface area is 126 Å². The predicted octanol–water partition coefficient (Wildman–Crippen LogP) is 3.18. The fourth-order valence-electron chi connectivity index (χ4n) is 1.70. The van der Waals surface area contributed by atoms with Crippen LogP contribution in [0.5, 0.6) is 11.5 Å². The van der Waals surface area contributed by atoms with E-state index in [2.05, 4.69) is 5.32 Å². The highest BCUT2D eigenvalue weighted by atomic mass is 35.5. The van der Waals surface area contributed by atoms with E-state index in [1.807, 2.05) is 6.07 Å². The number of phenols is 1. The van der Waals surface area contributed by atoms with Crippen LogP contribution < -0.4 is 10.1 Å². The zero-order valence-corrected chi connectivity index (χ0v) is 11.8. The van der Waals surface area contributed by atoms with Crippen LogP contribution in [0.1, 0.15) is 15.9 Å². The second kappa shape index (κ2) is 6.16. The van der Waals surface area contributed by atoms with Gasteiger partial charge in [0.15, 0.2) is 0 Å². The van der Waals surface area contributed by atoms with Crippen LogP contribution in [-0.4, -0.2) is 18.1 Å². The van der Waals surface area contributed by atoms with Crippen molar-refractivity contribution < 1.29 is 14.6 Å². The number of phenolic OH excluding ortho intramolecular Hbond substituents is 1. The normalized spacial score (nSPS) is 9.76. The molecule has 0 saturated carbocycles. The summed E-state index contributed by atoms with van der Waals surface area (Å²) in [4.78, 5) is 12.2. The van der Waals surface area contributed by atoms with Crippen molar-refractivity contribution in [1.29, 1.82) is 5.26 Å². The summed E-state index contributed by atoms with van der Waals surface area (Å²) in [6, 6.07) is 10.8. The zero-order valence-electron chi connectivity index (χ0n) is 11.1. The van der Waals surface area contributed by atoms with E-state index in [0.717, 1.165) is 0 Å². The molecule has 5 nitrogen and oxygen atoms in total. The number of aromatic hydroxyl groups is 1. The molecule has 0 radical (unpaired) electrons. The Kier molecular flexibility index (Phi) is 4.31. The summed E-state index contributed by atoms with van der Waals surface area (Å²) < 4.78 is 5.01. The van der Waals surface area contributed by atoms with Crippen LogP contribution in [0.4, 0.5) is 5.69 Å². The molecule has 0 atom stereocenters. The average molecular weight is 303 g/mol. The second-order valence-electron chi connectivity index (χ2n) is 4.14. The van der Waals surface area contributed by atoms with E-state index >= 15 is 0 Å². The van der Waals surface area contributed by atoms with Gasteiger partial charge in [-0.15, -0.1) is 0 Å². The first-order valence-corrected chi connectivity index (χ1v) is 6.31. The quantitative estimate of drug-likeness (QED) is 0.912. The van der Waals surface area contributed by atoms with E-state index in [-0.39, 0.29) is 16.3 Å². The van der Waals surface area contributed by atoms with Crippen LogP contribution in [0.15, 0.2) is 36.4 Å². The number of halogens is 1. The molecular weight excluding hydrogens is 292 g/mol. The molecule has 2 rings (SSSR count). The third kappa shape index (κ3) is 3.25. The molecule has 0 aliphatic heterocycles. The van der Waals surface area contributed by atoms with Crippen molar-refractivity contribution in [2.75, 3.05) is 12.4 Å². The van der Waals surface area contributed by atoms with Gasteiger partial charge in [-0.2, -0.15) is 5.26 Å². The number of ether oxygens (including phenoxy) is 1. The summed E-state index contributed by atoms with van der Waals surface area (Å²) in [7, 11) is 1.46. The number of amides is 1. The third-order valence-corrected chi connectivity index (χ3v) is 3.11. The molecule has 106 valence electrons. The number of methoxy groups -OCH3 is 1. The highest BCUT2D eigenvalue weighted by Crippen LogP contribution is 2.27. The number of hydrogen-bond acceptors (Lipinski definition) is 4. The molecule has 0 fully saturated rings. The molecule has 21 heavy (non-hydrogen) atoms. The van der Waals surface area contributed by atoms with E-state index in [1.165, 1.54) is 37.4 Å². The van der Waals surface area contributed by atoms with Gasteiger partial charge in [0, 0.05) is 0 Å². The van der Waals surface area contributed by atoms with Gasteiger partial charge in [0.2, 0.25) is 0 Å². The molecular formula is C15H11ClN2O3. The summed E-state index contributed by atoms with van der Waals surface area (Å²) in [5.74, 6) is -0.250. The highest BCUT2D eigenvalue weighted by molar-refractivity contribution is 6.34. The van der Waals surface area contributed by atoms with Crippen molar-refractivity contribution in [1.82, 2.24) is 0 Å². The van der Waals surface area contributed by atoms with Gasteiger partial charge in [0.05, 0.1) is 35.0 Å². The van der Waals surface area contributed by atoms with Crippen molar-refractivity contribution in [2.24, 2.45) is 0 Å². The summed E-state index contributed by atoms with van der Waals surface area (Å²) in [5, 5.41) is 21.3. The predicted molar refractivity (Wildman–Crippen MR) is 78.8 cm³/mol. The Hall–Kier alpha value is -2.71. The largest absolute Gasteiger partial charge is 0.507 e. The first kappa shape index (κ1) is 14.7. The van der Waals surface area contributed by atoms with E-state index in [0.29, 0.717) is 17.0 Å². The van der Waals surface area contributed by atoms with Gasteiger partial charge in [0.1, 0.15) is 11.5 Å². The monoisotopic (exact) mass is 302 g/mol. The van der Waals surface area contributed by atoms with E-state index in [9.17, 15) is 9.90 Å². The molecule has 0 saturated heterocycles. The Bertz CT molecular complexity index is 738. The zero-order chi connectivity index (χ0) is 15.4. The molecule has 2 aromatic carbocycles. The number of nitriles is 1. The first-order valence-electron chi connectivity index (χ1n) is 5.93. The molecule has 0 unspecified atom stereocenters. The molecule has 0 aliphatic rings. The van der Waals surface area contributed by atoms with Gasteiger partial charge in [-0.1, -0.05) is 11.6 Å². The van der Waals surface area contributed by atoms with Crippen molar-refractivity contribution in [2.45, 2.75) is 0 Å². The van der Waals surface area contributed by atoms with Crippen molar-refractivity contribution in [3.8, 4) is 17.6 Å². The van der Waals surface area contributed by atoms with Gasteiger partial charge in [0.25, 0.3) is 5.91 Å². The minimum absolute atomic E-state index is 0.0646. The van der Waals surface area contributed by atoms with Crippen LogP contribution in [-0.2, 0) is 0 Å². The van der Waals surface area contributed by atoms with Gasteiger partial charge in [-0.05, 0) is 36.4 Å². The molecule has 0 heterocycles. The average Bonchev–Trinajstić information content (AvgIpc) is 2.49. The molecule has 1 amide bonds. The standard InChI is InChI=1S/C15H11ClN2O3/c1-21-10-3-5-14(19)11(7-10)15(20)18-13-4-2-9(8-17)6-12(13)16/h2-7,19H,1H3,(H,18,20). The van der Waals surface area contributed by atoms with Crippen LogP contribution in [0.2, 0.25) is 5.02 Å². The molecule has 6 heteroatoms. The number of rotatable bonds is 3. The van der Waals surface area contributed by atoms with E-state index in [1.54, 1.807) is 6.07 Å². The van der Waals surface area contributed by atoms with Crippen LogP contribution >= 0.6 is 11.6 Å². The Morgan fingerprint density at radius 2 is 2.10 bits per heavy atom. The lowest BCUT2D eigenvalue weighted by Gasteiger charge is -2.10. The lowest BCUT2D eigenvalue weighted by molar-refractivity contribution is 0.102. The number of anilines is 1. The van der Waals surface area contributed by atoms with Crippen LogP contribution in [0, 0.1) is 11.3 Å². The summed E-state index contributed by atoms with van der Waals surface area (Å²) in [5.41, 5.74) is 0.805. The fraction of sp³-hybridized carbons (Fsp3) is 0.0667. The van der Waals surface area contributed by atoms with Crippen molar-refractivity contribution in [3.63, 3.8) is 0 Å². The minimum Gasteiger partial charge on any atom is -0.507 e. The van der Waals surface area contributed by atoms with Gasteiger partial charge >= 0.3 is 0 Å². The summed E-state index contributed by atoms with van der Waals surface area (Å²) in [6.45, 7) is 0. The maximum absolute atomic E-state index is 12.2. The second-order valence-corrected chi connectivity index (χ2v) is 4.55. The number of benzene rings is 2. The molecule has 0 aliphatic carbocycles. The summed E-state index contributed by atoms with van der Waals surface area (Å²) >= 11 is 5.99. The van der Waals surface area contributed by atoms with Gasteiger partial charge < -0.3 is 15.2 Å². The van der Waals surface area contributed by atoms with Gasteiger partial charge in [-0.3, -0.25) is 4.79 Å². The first-order chi connectivity index (χ1) is 10.0. The lowest BCUT2D eigenvalue weighted by Crippen LogP contribution is -2.12. The number of carbonyl (C=O) groups excluding carboxylic acids is 1. The van der Waals surface area contributed by atoms with E-state index < -0.39 is 5.91 Å². The smallest absolute Gasteiger partial charge is 0.259 e. The highest BCUT2D eigenvalue weighted by Gasteiger charge is 2.14. The van der Waals surface area contributed by atoms with Crippen LogP contribution in [0.3, 0.4) is 0 Å². The number of nitrogens with zero attached hydrogens (tertiary/aromatic N) is 1. The van der Waals surface area contributed by atoms with E-state index in [4.69, 9.17) is 21.6 Å². The maximum atomic E-state index is 12.2. The molecule has 0 aromatic heterocycles. The Morgan fingerprint density at radius 3 is 2.71 bits per heavy atom. The van der Waals surface area contributed by atoms with Crippen molar-refractivity contribution in [3.05, 3.63) is 52.5 Å². The Balaban J connectivity index is 2.28. The minimum atomic E-state index is -0.530. The molecule has 2 N–H and O–H groups in total. The SMILES string of the molecule is COc1ccc(O)c(C(=O)Nc2ccc(C#N)cc2Cl)c1. The lowest BCUT2D eigenvalue weighted by atomic mass is 10.1. The fourth-order valence-corrected chi connectivity index (χ4v) is 1.93. The number of nitrogens with one attached hydrogen (secondary N) is 1. The molecule has 0 spiro atoms. The third-order valence-electron chi connectivity index (χ3n) is 2.79. The molecule has 0 bridgehead atoms. The number of hydrogen-bond donors (Lipinski definition) is 2. The topological polar surface area (TPSA) is 82.3 Å². The maximum Gasteiger partial charge on any atom is 0.259 e.